The molecule has 12 heteroatoms. The fraction of sp³-hybridized carbons (Fsp3) is 0. The van der Waals surface area contributed by atoms with Crippen LogP contribution in [0.2, 0.25) is 0 Å². The SMILES string of the molecule is NC(=O)Oc1ncc(Br)nc1-c1cc(-c2ccc([N+](=O)[O-])cc2F)no1. The number of nitro groups is 1. The molecule has 0 fully saturated rings. The molecule has 0 radical (unpaired) electrons. The maximum Gasteiger partial charge on any atom is 0.411 e. The van der Waals surface area contributed by atoms with Crippen LogP contribution in [-0.2, 0) is 0 Å². The van der Waals surface area contributed by atoms with Crippen LogP contribution in [0.15, 0.2) is 39.6 Å². The number of halogens is 2. The van der Waals surface area contributed by atoms with Crippen molar-refractivity contribution in [2.75, 3.05) is 0 Å². The van der Waals surface area contributed by atoms with E-state index in [1.165, 1.54) is 18.3 Å². The summed E-state index contributed by atoms with van der Waals surface area (Å²) in [7, 11) is 0. The van der Waals surface area contributed by atoms with Crippen molar-refractivity contribution in [3.63, 3.8) is 0 Å². The van der Waals surface area contributed by atoms with Crippen LogP contribution in [0.4, 0.5) is 14.9 Å². The van der Waals surface area contributed by atoms with Crippen molar-refractivity contribution < 1.29 is 23.4 Å². The number of aromatic nitrogens is 3. The Hall–Kier alpha value is -3.41. The number of nitro benzene ring substituents is 1. The smallest absolute Gasteiger partial charge is 0.389 e. The minimum atomic E-state index is -1.11. The first kappa shape index (κ1) is 17.4. The normalized spacial score (nSPS) is 10.5. The van der Waals surface area contributed by atoms with Gasteiger partial charge in [0.25, 0.3) is 11.6 Å². The summed E-state index contributed by atoms with van der Waals surface area (Å²) in [6, 6.07) is 4.41. The summed E-state index contributed by atoms with van der Waals surface area (Å²) in [5, 5.41) is 14.4. The highest BCUT2D eigenvalue weighted by atomic mass is 79.9. The van der Waals surface area contributed by atoms with Gasteiger partial charge >= 0.3 is 6.09 Å². The zero-order valence-electron chi connectivity index (χ0n) is 12.6. The predicted octanol–water partition coefficient (Wildman–Crippen LogP) is 3.07. The molecule has 0 saturated heterocycles. The molecule has 26 heavy (non-hydrogen) atoms. The Labute approximate surface area is 152 Å². The van der Waals surface area contributed by atoms with Gasteiger partial charge in [-0.2, -0.15) is 0 Å². The Bertz CT molecular complexity index is 1020. The molecule has 2 heterocycles. The van der Waals surface area contributed by atoms with E-state index in [1.54, 1.807) is 0 Å². The monoisotopic (exact) mass is 423 g/mol. The van der Waals surface area contributed by atoms with Crippen molar-refractivity contribution in [1.82, 2.24) is 15.1 Å². The molecule has 10 nitrogen and oxygen atoms in total. The van der Waals surface area contributed by atoms with Gasteiger partial charge in [0.1, 0.15) is 16.1 Å². The number of non-ortho nitro benzene ring substituents is 1. The van der Waals surface area contributed by atoms with Gasteiger partial charge in [0.05, 0.1) is 17.2 Å². The number of benzene rings is 1. The van der Waals surface area contributed by atoms with E-state index in [-0.39, 0.29) is 28.6 Å². The van der Waals surface area contributed by atoms with Crippen molar-refractivity contribution in [3.05, 3.63) is 51.0 Å². The van der Waals surface area contributed by atoms with Gasteiger partial charge in [-0.05, 0) is 22.0 Å². The molecule has 2 N–H and O–H groups in total. The van der Waals surface area contributed by atoms with Gasteiger partial charge in [-0.1, -0.05) is 5.16 Å². The second kappa shape index (κ2) is 6.84. The van der Waals surface area contributed by atoms with Crippen LogP contribution in [0.5, 0.6) is 5.88 Å². The van der Waals surface area contributed by atoms with Crippen molar-refractivity contribution in [2.24, 2.45) is 5.73 Å². The summed E-state index contributed by atoms with van der Waals surface area (Å²) in [6.45, 7) is 0. The molecule has 3 rings (SSSR count). The molecule has 0 bridgehead atoms. The van der Waals surface area contributed by atoms with E-state index in [0.717, 1.165) is 12.1 Å². The van der Waals surface area contributed by atoms with Crippen LogP contribution >= 0.6 is 15.9 Å². The third kappa shape index (κ3) is 3.49. The van der Waals surface area contributed by atoms with Gasteiger partial charge in [0.15, 0.2) is 11.5 Å². The zero-order chi connectivity index (χ0) is 18.8. The van der Waals surface area contributed by atoms with Crippen molar-refractivity contribution in [2.45, 2.75) is 0 Å². The average Bonchev–Trinajstić information content (AvgIpc) is 3.05. The molecule has 1 aromatic carbocycles. The second-order valence-corrected chi connectivity index (χ2v) is 5.58. The summed E-state index contributed by atoms with van der Waals surface area (Å²) >= 11 is 3.11. The second-order valence-electron chi connectivity index (χ2n) is 4.77. The Morgan fingerprint density at radius 2 is 2.15 bits per heavy atom. The molecule has 0 saturated carbocycles. The lowest BCUT2D eigenvalue weighted by molar-refractivity contribution is -0.385. The molecule has 0 spiro atoms. The van der Waals surface area contributed by atoms with Gasteiger partial charge in [0, 0.05) is 17.7 Å². The lowest BCUT2D eigenvalue weighted by Crippen LogP contribution is -2.17. The summed E-state index contributed by atoms with van der Waals surface area (Å²) in [6.07, 6.45) is 0.165. The summed E-state index contributed by atoms with van der Waals surface area (Å²) in [5.41, 5.74) is 4.61. The number of hydrogen-bond acceptors (Lipinski definition) is 8. The molecule has 0 aliphatic carbocycles. The molecule has 0 unspecified atom stereocenters. The standard InChI is InChI=1S/C14H7BrFN5O5/c15-11-5-18-13(25-14(17)22)12(19-11)10-4-9(20-26-10)7-2-1-6(21(23)24)3-8(7)16/h1-5H,(H2,17,22). The summed E-state index contributed by atoms with van der Waals surface area (Å²) in [4.78, 5) is 28.9. The zero-order valence-corrected chi connectivity index (χ0v) is 14.1. The number of carbonyl (C=O) groups is 1. The average molecular weight is 424 g/mol. The Morgan fingerprint density at radius 1 is 1.38 bits per heavy atom. The highest BCUT2D eigenvalue weighted by Crippen LogP contribution is 2.32. The van der Waals surface area contributed by atoms with E-state index < -0.39 is 22.5 Å². The van der Waals surface area contributed by atoms with Crippen molar-refractivity contribution in [1.29, 1.82) is 0 Å². The molecule has 0 atom stereocenters. The molecular weight excluding hydrogens is 417 g/mol. The topological polar surface area (TPSA) is 147 Å². The van der Waals surface area contributed by atoms with Crippen LogP contribution in [-0.4, -0.2) is 26.1 Å². The van der Waals surface area contributed by atoms with E-state index in [0.29, 0.717) is 4.60 Å². The Morgan fingerprint density at radius 3 is 2.81 bits per heavy atom. The van der Waals surface area contributed by atoms with Gasteiger partial charge in [-0.15, -0.1) is 0 Å². The lowest BCUT2D eigenvalue weighted by atomic mass is 10.1. The molecule has 3 aromatic rings. The van der Waals surface area contributed by atoms with Crippen LogP contribution < -0.4 is 10.5 Å². The highest BCUT2D eigenvalue weighted by Gasteiger charge is 2.20. The molecule has 1 amide bonds. The fourth-order valence-corrected chi connectivity index (χ4v) is 2.31. The largest absolute Gasteiger partial charge is 0.411 e. The van der Waals surface area contributed by atoms with E-state index in [1.807, 2.05) is 0 Å². The Balaban J connectivity index is 2.02. The number of ether oxygens (including phenoxy) is 1. The van der Waals surface area contributed by atoms with Crippen LogP contribution in [0.3, 0.4) is 0 Å². The Kier molecular flexibility index (Phi) is 4.58. The van der Waals surface area contributed by atoms with E-state index in [9.17, 15) is 19.3 Å². The molecule has 0 aliphatic heterocycles. The van der Waals surface area contributed by atoms with Gasteiger partial charge < -0.3 is 15.0 Å². The minimum Gasteiger partial charge on any atom is -0.389 e. The van der Waals surface area contributed by atoms with E-state index in [4.69, 9.17) is 15.0 Å². The van der Waals surface area contributed by atoms with Gasteiger partial charge in [0.2, 0.25) is 0 Å². The fourth-order valence-electron chi connectivity index (χ4n) is 2.03. The van der Waals surface area contributed by atoms with Crippen LogP contribution in [0, 0.1) is 15.9 Å². The van der Waals surface area contributed by atoms with Crippen LogP contribution in [0.1, 0.15) is 0 Å². The predicted molar refractivity (Wildman–Crippen MR) is 87.5 cm³/mol. The van der Waals surface area contributed by atoms with Crippen molar-refractivity contribution in [3.8, 4) is 28.6 Å². The number of amides is 1. The van der Waals surface area contributed by atoms with Gasteiger partial charge in [-0.3, -0.25) is 10.1 Å². The molecule has 132 valence electrons. The number of primary amides is 1. The molecular formula is C14H7BrFN5O5. The number of hydrogen-bond donors (Lipinski definition) is 1. The highest BCUT2D eigenvalue weighted by molar-refractivity contribution is 9.10. The van der Waals surface area contributed by atoms with E-state index >= 15 is 0 Å². The maximum atomic E-state index is 14.1. The first-order valence-corrected chi connectivity index (χ1v) is 7.55. The molecule has 2 aromatic heterocycles. The van der Waals surface area contributed by atoms with Crippen molar-refractivity contribution >= 4 is 27.7 Å². The van der Waals surface area contributed by atoms with Crippen LogP contribution in [0.25, 0.3) is 22.7 Å². The third-order valence-electron chi connectivity index (χ3n) is 3.09. The third-order valence-corrected chi connectivity index (χ3v) is 3.47. The number of nitrogens with zero attached hydrogens (tertiary/aromatic N) is 4. The number of rotatable bonds is 4. The molecule has 0 aliphatic rings. The van der Waals surface area contributed by atoms with Gasteiger partial charge in [-0.25, -0.2) is 19.2 Å². The first-order chi connectivity index (χ1) is 12.3. The van der Waals surface area contributed by atoms with E-state index in [2.05, 4.69) is 31.1 Å². The lowest BCUT2D eigenvalue weighted by Gasteiger charge is -2.03. The minimum absolute atomic E-state index is 0.000699. The quantitative estimate of drug-likeness (QED) is 0.496. The summed E-state index contributed by atoms with van der Waals surface area (Å²) < 4.78 is 24.3. The summed E-state index contributed by atoms with van der Waals surface area (Å²) in [5.74, 6) is -1.07. The first-order valence-electron chi connectivity index (χ1n) is 6.76. The number of nitrogens with two attached hydrogens (primary N) is 1. The maximum absolute atomic E-state index is 14.1. The number of carbonyl (C=O) groups excluding carboxylic acids is 1.